The van der Waals surface area contributed by atoms with E-state index in [9.17, 15) is 9.90 Å². The zero-order valence-electron chi connectivity index (χ0n) is 14.3. The van der Waals surface area contributed by atoms with Crippen LogP contribution in [0.3, 0.4) is 0 Å². The number of carbonyl (C=O) groups is 1. The predicted octanol–water partition coefficient (Wildman–Crippen LogP) is 3.18. The van der Waals surface area contributed by atoms with Crippen molar-refractivity contribution in [2.45, 2.75) is 57.2 Å². The number of β-amino-alcohol motifs (C(OH)–C–C–N with tert-alkyl or cyclic N) is 1. The zero-order chi connectivity index (χ0) is 17.1. The van der Waals surface area contributed by atoms with E-state index in [0.717, 1.165) is 38.8 Å². The summed E-state index contributed by atoms with van der Waals surface area (Å²) in [5.74, 6) is 0.0283. The number of hydrogen-bond donors (Lipinski definition) is 1. The molecule has 132 valence electrons. The second-order valence-electron chi connectivity index (χ2n) is 7.00. The summed E-state index contributed by atoms with van der Waals surface area (Å²) in [6.07, 6.45) is 5.17. The molecule has 1 aliphatic carbocycles. The van der Waals surface area contributed by atoms with Crippen LogP contribution in [0.25, 0.3) is 0 Å². The van der Waals surface area contributed by atoms with Gasteiger partial charge < -0.3 is 10.0 Å². The molecule has 0 unspecified atom stereocenters. The first-order chi connectivity index (χ1) is 11.6. The van der Waals surface area contributed by atoms with Crippen LogP contribution in [0.5, 0.6) is 0 Å². The molecule has 1 saturated carbocycles. The van der Waals surface area contributed by atoms with E-state index < -0.39 is 6.10 Å². The summed E-state index contributed by atoms with van der Waals surface area (Å²) in [7, 11) is 0. The highest BCUT2D eigenvalue weighted by molar-refractivity contribution is 6.30. The first-order valence-electron chi connectivity index (χ1n) is 9.08. The molecule has 1 aliphatic heterocycles. The fourth-order valence-corrected chi connectivity index (χ4v) is 4.19. The molecule has 4 nitrogen and oxygen atoms in total. The Hall–Kier alpha value is -1.10. The van der Waals surface area contributed by atoms with E-state index in [1.54, 1.807) is 24.3 Å². The molecular formula is C19H27ClN2O2. The average Bonchev–Trinajstić information content (AvgIpc) is 2.97. The van der Waals surface area contributed by atoms with Crippen LogP contribution >= 0.6 is 11.6 Å². The monoisotopic (exact) mass is 350 g/mol. The van der Waals surface area contributed by atoms with Gasteiger partial charge in [0.1, 0.15) is 0 Å². The van der Waals surface area contributed by atoms with Gasteiger partial charge in [0.2, 0.25) is 0 Å². The van der Waals surface area contributed by atoms with E-state index in [2.05, 4.69) is 11.8 Å². The van der Waals surface area contributed by atoms with Crippen LogP contribution in [0.15, 0.2) is 24.3 Å². The Morgan fingerprint density at radius 1 is 1.21 bits per heavy atom. The number of likely N-dealkylation sites (tertiary alicyclic amines) is 1. The smallest absolute Gasteiger partial charge is 0.254 e. The fraction of sp³-hybridized carbons (Fsp3) is 0.632. The highest BCUT2D eigenvalue weighted by Gasteiger charge is 2.40. The van der Waals surface area contributed by atoms with Crippen molar-refractivity contribution in [2.24, 2.45) is 0 Å². The first kappa shape index (κ1) is 17.7. The molecule has 3 rings (SSSR count). The summed E-state index contributed by atoms with van der Waals surface area (Å²) >= 11 is 5.96. The third kappa shape index (κ3) is 3.76. The summed E-state index contributed by atoms with van der Waals surface area (Å²) in [4.78, 5) is 17.4. The second-order valence-corrected chi connectivity index (χ2v) is 7.43. The van der Waals surface area contributed by atoms with Gasteiger partial charge in [-0.1, -0.05) is 37.8 Å². The van der Waals surface area contributed by atoms with E-state index in [4.69, 9.17) is 11.6 Å². The van der Waals surface area contributed by atoms with Crippen LogP contribution in [-0.4, -0.2) is 58.6 Å². The number of carbonyl (C=O) groups excluding carboxylic acids is 1. The standard InChI is InChI=1S/C19H27ClN2O2/c1-2-21-12-17(18(23)13-21)22(16-6-4-3-5-7-16)19(24)14-8-10-15(20)11-9-14/h8-11,16-18,23H,2-7,12-13H2,1H3/t17-,18-/m1/s1. The maximum atomic E-state index is 13.2. The molecular weight excluding hydrogens is 324 g/mol. The Bertz CT molecular complexity index is 557. The van der Waals surface area contributed by atoms with Crippen LogP contribution < -0.4 is 0 Å². The predicted molar refractivity (Wildman–Crippen MR) is 96.4 cm³/mol. The van der Waals surface area contributed by atoms with E-state index in [1.807, 2.05) is 4.90 Å². The van der Waals surface area contributed by atoms with Crippen molar-refractivity contribution in [1.29, 1.82) is 0 Å². The zero-order valence-corrected chi connectivity index (χ0v) is 15.1. The van der Waals surface area contributed by atoms with Crippen LogP contribution in [-0.2, 0) is 0 Å². The summed E-state index contributed by atoms with van der Waals surface area (Å²) in [6.45, 7) is 4.41. The van der Waals surface area contributed by atoms with Crippen molar-refractivity contribution in [1.82, 2.24) is 9.80 Å². The van der Waals surface area contributed by atoms with Gasteiger partial charge in [0.05, 0.1) is 12.1 Å². The normalized spacial score (nSPS) is 25.8. The maximum Gasteiger partial charge on any atom is 0.254 e. The molecule has 1 amide bonds. The summed E-state index contributed by atoms with van der Waals surface area (Å²) < 4.78 is 0. The number of nitrogens with zero attached hydrogens (tertiary/aromatic N) is 2. The van der Waals surface area contributed by atoms with Crippen molar-refractivity contribution in [3.8, 4) is 0 Å². The summed E-state index contributed by atoms with van der Waals surface area (Å²) in [5, 5.41) is 11.2. The topological polar surface area (TPSA) is 43.8 Å². The number of halogens is 1. The molecule has 1 aromatic rings. The van der Waals surface area contributed by atoms with Crippen molar-refractivity contribution < 1.29 is 9.90 Å². The van der Waals surface area contributed by atoms with Crippen LogP contribution in [0.4, 0.5) is 0 Å². The molecule has 1 saturated heterocycles. The van der Waals surface area contributed by atoms with Gasteiger partial charge in [0, 0.05) is 29.7 Å². The SMILES string of the molecule is CCN1C[C@@H](O)[C@H](N(C(=O)c2ccc(Cl)cc2)C2CCCCC2)C1. The largest absolute Gasteiger partial charge is 0.390 e. The number of likely N-dealkylation sites (N-methyl/N-ethyl adjacent to an activating group) is 1. The number of rotatable bonds is 4. The first-order valence-corrected chi connectivity index (χ1v) is 9.46. The van der Waals surface area contributed by atoms with Crippen LogP contribution in [0.1, 0.15) is 49.4 Å². The quantitative estimate of drug-likeness (QED) is 0.907. The lowest BCUT2D eigenvalue weighted by atomic mass is 9.92. The van der Waals surface area contributed by atoms with Gasteiger partial charge >= 0.3 is 0 Å². The third-order valence-corrected chi connectivity index (χ3v) is 5.68. The maximum absolute atomic E-state index is 13.2. The molecule has 0 aromatic heterocycles. The van der Waals surface area contributed by atoms with E-state index >= 15 is 0 Å². The van der Waals surface area contributed by atoms with E-state index in [1.165, 1.54) is 6.42 Å². The molecule has 1 aromatic carbocycles. The van der Waals surface area contributed by atoms with Crippen LogP contribution in [0.2, 0.25) is 5.02 Å². The second kappa shape index (κ2) is 7.85. The molecule has 2 aliphatic rings. The molecule has 0 radical (unpaired) electrons. The minimum absolute atomic E-state index is 0.0283. The number of benzene rings is 1. The number of hydrogen-bond acceptors (Lipinski definition) is 3. The minimum Gasteiger partial charge on any atom is -0.390 e. The Balaban J connectivity index is 1.86. The third-order valence-electron chi connectivity index (χ3n) is 5.43. The Labute approximate surface area is 149 Å². The highest BCUT2D eigenvalue weighted by atomic mass is 35.5. The molecule has 0 bridgehead atoms. The number of amides is 1. The van der Waals surface area contributed by atoms with Crippen molar-refractivity contribution in [3.05, 3.63) is 34.9 Å². The lowest BCUT2D eigenvalue weighted by Gasteiger charge is -2.39. The highest BCUT2D eigenvalue weighted by Crippen LogP contribution is 2.29. The van der Waals surface area contributed by atoms with Gasteiger partial charge in [-0.25, -0.2) is 0 Å². The van der Waals surface area contributed by atoms with Gasteiger partial charge in [-0.3, -0.25) is 9.69 Å². The van der Waals surface area contributed by atoms with E-state index in [0.29, 0.717) is 17.1 Å². The van der Waals surface area contributed by atoms with Gasteiger partial charge in [-0.15, -0.1) is 0 Å². The molecule has 1 N–H and O–H groups in total. The molecule has 2 atom stereocenters. The molecule has 5 heteroatoms. The lowest BCUT2D eigenvalue weighted by Crippen LogP contribution is -2.52. The minimum atomic E-state index is -0.469. The van der Waals surface area contributed by atoms with Gasteiger partial charge in [0.15, 0.2) is 0 Å². The average molecular weight is 351 g/mol. The van der Waals surface area contributed by atoms with Crippen molar-refractivity contribution in [3.63, 3.8) is 0 Å². The van der Waals surface area contributed by atoms with Crippen LogP contribution in [0, 0.1) is 0 Å². The fourth-order valence-electron chi connectivity index (χ4n) is 4.07. The lowest BCUT2D eigenvalue weighted by molar-refractivity contribution is 0.0295. The Morgan fingerprint density at radius 2 is 1.88 bits per heavy atom. The number of aliphatic hydroxyl groups excluding tert-OH is 1. The summed E-state index contributed by atoms with van der Waals surface area (Å²) in [5.41, 5.74) is 0.659. The van der Waals surface area contributed by atoms with Gasteiger partial charge in [0.25, 0.3) is 5.91 Å². The Morgan fingerprint density at radius 3 is 2.46 bits per heavy atom. The summed E-state index contributed by atoms with van der Waals surface area (Å²) in [6, 6.07) is 7.22. The molecule has 0 spiro atoms. The molecule has 1 heterocycles. The molecule has 24 heavy (non-hydrogen) atoms. The molecule has 2 fully saturated rings. The van der Waals surface area contributed by atoms with Gasteiger partial charge in [-0.05, 0) is 43.7 Å². The number of aliphatic hydroxyl groups is 1. The Kier molecular flexibility index (Phi) is 5.80. The van der Waals surface area contributed by atoms with E-state index in [-0.39, 0.29) is 18.0 Å². The van der Waals surface area contributed by atoms with Crippen molar-refractivity contribution in [2.75, 3.05) is 19.6 Å². The van der Waals surface area contributed by atoms with Gasteiger partial charge in [-0.2, -0.15) is 0 Å². The van der Waals surface area contributed by atoms with Crippen molar-refractivity contribution >= 4 is 17.5 Å².